The summed E-state index contributed by atoms with van der Waals surface area (Å²) in [6.45, 7) is 0. The van der Waals surface area contributed by atoms with E-state index in [-0.39, 0.29) is 5.91 Å². The molecule has 8 heteroatoms. The maximum absolute atomic E-state index is 12.3. The summed E-state index contributed by atoms with van der Waals surface area (Å²) in [6, 6.07) is 14.2. The molecule has 0 aliphatic rings. The van der Waals surface area contributed by atoms with E-state index in [2.05, 4.69) is 10.4 Å². The van der Waals surface area contributed by atoms with Crippen LogP contribution in [0.5, 0.6) is 0 Å². The summed E-state index contributed by atoms with van der Waals surface area (Å²) in [5.41, 5.74) is 2.14. The van der Waals surface area contributed by atoms with Gasteiger partial charge in [-0.1, -0.05) is 46.9 Å². The predicted molar refractivity (Wildman–Crippen MR) is 116 cm³/mol. The Morgan fingerprint density at radius 1 is 1.07 bits per heavy atom. The van der Waals surface area contributed by atoms with Crippen molar-refractivity contribution in [3.8, 4) is 16.9 Å². The van der Waals surface area contributed by atoms with Crippen molar-refractivity contribution >= 4 is 58.3 Å². The zero-order chi connectivity index (χ0) is 19.4. The molecular weight excluding hydrogens is 425 g/mol. The normalized spacial score (nSPS) is 10.8. The van der Waals surface area contributed by atoms with E-state index in [1.165, 1.54) is 0 Å². The Hall–Kier alpha value is -1.66. The first-order valence-electron chi connectivity index (χ1n) is 8.08. The third kappa shape index (κ3) is 4.99. The molecule has 0 atom stereocenters. The van der Waals surface area contributed by atoms with Crippen LogP contribution < -0.4 is 5.32 Å². The van der Waals surface area contributed by atoms with E-state index in [1.54, 1.807) is 52.8 Å². The highest BCUT2D eigenvalue weighted by atomic mass is 35.5. The predicted octanol–water partition coefficient (Wildman–Crippen LogP) is 6.19. The number of thioether (sulfide) groups is 1. The summed E-state index contributed by atoms with van der Waals surface area (Å²) in [7, 11) is 0. The van der Waals surface area contributed by atoms with Gasteiger partial charge in [0, 0.05) is 33.8 Å². The number of anilines is 1. The van der Waals surface area contributed by atoms with Gasteiger partial charge in [0.1, 0.15) is 5.82 Å². The highest BCUT2D eigenvalue weighted by molar-refractivity contribution is 7.98. The van der Waals surface area contributed by atoms with E-state index >= 15 is 0 Å². The Bertz CT molecular complexity index is 957. The maximum Gasteiger partial charge on any atom is 0.226 e. The highest BCUT2D eigenvalue weighted by Gasteiger charge is 2.16. The van der Waals surface area contributed by atoms with Crippen molar-refractivity contribution in [3.63, 3.8) is 0 Å². The Morgan fingerprint density at radius 3 is 2.48 bits per heavy atom. The van der Waals surface area contributed by atoms with Crippen LogP contribution in [0.4, 0.5) is 5.82 Å². The first kappa shape index (κ1) is 20.1. The van der Waals surface area contributed by atoms with Crippen LogP contribution in [0, 0.1) is 0 Å². The Kier molecular flexibility index (Phi) is 6.71. The molecule has 0 bridgehead atoms. The number of rotatable bonds is 6. The van der Waals surface area contributed by atoms with Gasteiger partial charge in [-0.15, -0.1) is 0 Å². The summed E-state index contributed by atoms with van der Waals surface area (Å²) in [5, 5.41) is 9.18. The first-order chi connectivity index (χ1) is 13.0. The molecule has 1 heterocycles. The largest absolute Gasteiger partial charge is 0.311 e. The molecule has 1 aromatic heterocycles. The zero-order valence-electron chi connectivity index (χ0n) is 14.4. The molecule has 3 aromatic rings. The molecule has 140 valence electrons. The molecule has 3 rings (SSSR count). The highest BCUT2D eigenvalue weighted by Crippen LogP contribution is 2.30. The van der Waals surface area contributed by atoms with Crippen LogP contribution in [0.15, 0.2) is 48.5 Å². The molecule has 0 spiro atoms. The first-order valence-corrected chi connectivity index (χ1v) is 10.6. The van der Waals surface area contributed by atoms with E-state index in [4.69, 9.17) is 34.8 Å². The molecular formula is C19H16Cl3N3OS. The van der Waals surface area contributed by atoms with Crippen molar-refractivity contribution in [1.29, 1.82) is 0 Å². The second kappa shape index (κ2) is 9.02. The third-order valence-electron chi connectivity index (χ3n) is 3.79. The zero-order valence-corrected chi connectivity index (χ0v) is 17.5. The number of carbonyl (C=O) groups is 1. The average molecular weight is 441 g/mol. The second-order valence-electron chi connectivity index (χ2n) is 5.72. The fourth-order valence-corrected chi connectivity index (χ4v) is 3.34. The fraction of sp³-hybridized carbons (Fsp3) is 0.158. The molecule has 0 aliphatic carbocycles. The smallest absolute Gasteiger partial charge is 0.226 e. The molecule has 0 radical (unpaired) electrons. The van der Waals surface area contributed by atoms with Crippen LogP contribution in [0.2, 0.25) is 15.1 Å². The molecule has 4 nitrogen and oxygen atoms in total. The molecule has 1 amide bonds. The summed E-state index contributed by atoms with van der Waals surface area (Å²) in [6.07, 6.45) is 2.37. The number of nitrogens with zero attached hydrogens (tertiary/aromatic N) is 2. The second-order valence-corrected chi connectivity index (χ2v) is 7.99. The molecule has 0 aliphatic heterocycles. The lowest BCUT2D eigenvalue weighted by Crippen LogP contribution is -2.15. The number of benzene rings is 2. The number of aromatic nitrogens is 2. The van der Waals surface area contributed by atoms with Crippen LogP contribution in [-0.2, 0) is 4.79 Å². The molecule has 1 N–H and O–H groups in total. The molecule has 0 saturated carbocycles. The van der Waals surface area contributed by atoms with Gasteiger partial charge in [0.2, 0.25) is 5.91 Å². The minimum Gasteiger partial charge on any atom is -0.311 e. The summed E-state index contributed by atoms with van der Waals surface area (Å²) in [5.74, 6) is 1.17. The number of nitrogens with one attached hydrogen (secondary N) is 1. The summed E-state index contributed by atoms with van der Waals surface area (Å²) < 4.78 is 1.59. The topological polar surface area (TPSA) is 46.9 Å². The summed E-state index contributed by atoms with van der Waals surface area (Å²) >= 11 is 20.1. The van der Waals surface area contributed by atoms with Gasteiger partial charge >= 0.3 is 0 Å². The van der Waals surface area contributed by atoms with Gasteiger partial charge < -0.3 is 5.32 Å². The maximum atomic E-state index is 12.3. The molecule has 27 heavy (non-hydrogen) atoms. The molecule has 2 aromatic carbocycles. The SMILES string of the molecule is CSCCC(=O)Nc1cc(-c2ccc(Cl)cc2)nn1-c1cc(Cl)ccc1Cl. The van der Waals surface area contributed by atoms with E-state index in [0.29, 0.717) is 38.7 Å². The van der Waals surface area contributed by atoms with Crippen LogP contribution >= 0.6 is 46.6 Å². The average Bonchev–Trinajstić information content (AvgIpc) is 3.06. The molecule has 0 fully saturated rings. The van der Waals surface area contributed by atoms with Gasteiger partial charge in [0.05, 0.1) is 16.4 Å². The van der Waals surface area contributed by atoms with E-state index in [1.807, 2.05) is 18.4 Å². The van der Waals surface area contributed by atoms with Crippen molar-refractivity contribution < 1.29 is 4.79 Å². The Balaban J connectivity index is 2.04. The monoisotopic (exact) mass is 439 g/mol. The van der Waals surface area contributed by atoms with Gasteiger partial charge in [0.15, 0.2) is 0 Å². The number of amides is 1. The van der Waals surface area contributed by atoms with Crippen LogP contribution in [0.25, 0.3) is 16.9 Å². The Morgan fingerprint density at radius 2 is 1.78 bits per heavy atom. The lowest BCUT2D eigenvalue weighted by molar-refractivity contribution is -0.115. The minimum absolute atomic E-state index is 0.0914. The van der Waals surface area contributed by atoms with Gasteiger partial charge in [-0.2, -0.15) is 16.9 Å². The van der Waals surface area contributed by atoms with E-state index in [0.717, 1.165) is 11.3 Å². The van der Waals surface area contributed by atoms with Gasteiger partial charge in [-0.05, 0) is 36.6 Å². The van der Waals surface area contributed by atoms with E-state index < -0.39 is 0 Å². The lowest BCUT2D eigenvalue weighted by Gasteiger charge is -2.10. The Labute approximate surface area is 176 Å². The molecule has 0 saturated heterocycles. The van der Waals surface area contributed by atoms with Crippen LogP contribution in [0.1, 0.15) is 6.42 Å². The van der Waals surface area contributed by atoms with E-state index in [9.17, 15) is 4.79 Å². The molecule has 0 unspecified atom stereocenters. The minimum atomic E-state index is -0.0914. The lowest BCUT2D eigenvalue weighted by atomic mass is 10.1. The van der Waals surface area contributed by atoms with Crippen LogP contribution in [0.3, 0.4) is 0 Å². The van der Waals surface area contributed by atoms with Gasteiger partial charge in [0.25, 0.3) is 0 Å². The van der Waals surface area contributed by atoms with Crippen molar-refractivity contribution in [1.82, 2.24) is 9.78 Å². The van der Waals surface area contributed by atoms with Gasteiger partial charge in [-0.25, -0.2) is 4.68 Å². The van der Waals surface area contributed by atoms with Crippen molar-refractivity contribution in [2.75, 3.05) is 17.3 Å². The quantitative estimate of drug-likeness (QED) is 0.497. The number of carbonyl (C=O) groups excluding carboxylic acids is 1. The van der Waals surface area contributed by atoms with Crippen LogP contribution in [-0.4, -0.2) is 27.7 Å². The number of halogens is 3. The van der Waals surface area contributed by atoms with Crippen molar-refractivity contribution in [3.05, 3.63) is 63.6 Å². The fourth-order valence-electron chi connectivity index (χ4n) is 2.46. The van der Waals surface area contributed by atoms with Crippen molar-refractivity contribution in [2.24, 2.45) is 0 Å². The van der Waals surface area contributed by atoms with Crippen molar-refractivity contribution in [2.45, 2.75) is 6.42 Å². The summed E-state index contributed by atoms with van der Waals surface area (Å²) in [4.78, 5) is 12.3. The number of hydrogen-bond donors (Lipinski definition) is 1. The third-order valence-corrected chi connectivity index (χ3v) is 5.21. The standard InChI is InChI=1S/C19H16Cl3N3OS/c1-27-9-8-19(26)23-18-11-16(12-2-4-13(20)5-3-12)24-25(18)17-10-14(21)6-7-15(17)22/h2-7,10-11H,8-9H2,1H3,(H,23,26). The number of hydrogen-bond acceptors (Lipinski definition) is 3. The van der Waals surface area contributed by atoms with Gasteiger partial charge in [-0.3, -0.25) is 4.79 Å².